The molecule has 1 rings (SSSR count). The first-order valence-electron chi connectivity index (χ1n) is 7.10. The second-order valence-electron chi connectivity index (χ2n) is 5.69. The van der Waals surface area contributed by atoms with Gasteiger partial charge in [0.2, 0.25) is 0 Å². The zero-order valence-corrected chi connectivity index (χ0v) is 14.1. The molecule has 0 aliphatic carbocycles. The molecule has 0 radical (unpaired) electrons. The van der Waals surface area contributed by atoms with E-state index in [4.69, 9.17) is 16.3 Å². The number of halogens is 1. The second-order valence-corrected chi connectivity index (χ2v) is 6.07. The summed E-state index contributed by atoms with van der Waals surface area (Å²) in [6, 6.07) is 3.14. The van der Waals surface area contributed by atoms with Crippen LogP contribution in [0.25, 0.3) is 0 Å². The van der Waals surface area contributed by atoms with E-state index in [0.717, 1.165) is 0 Å². The molecule has 0 unspecified atom stereocenters. The average molecular weight is 328 g/mol. The van der Waals surface area contributed by atoms with Crippen LogP contribution in [0.3, 0.4) is 0 Å². The van der Waals surface area contributed by atoms with Gasteiger partial charge in [-0.15, -0.1) is 0 Å². The summed E-state index contributed by atoms with van der Waals surface area (Å²) in [4.78, 5) is 29.2. The maximum atomic E-state index is 11.9. The van der Waals surface area contributed by atoms with Crippen LogP contribution in [0.5, 0.6) is 0 Å². The van der Waals surface area contributed by atoms with Crippen molar-refractivity contribution in [2.24, 2.45) is 0 Å². The Morgan fingerprint density at radius 2 is 2.05 bits per heavy atom. The van der Waals surface area contributed by atoms with Crippen LogP contribution in [0.4, 0.5) is 4.79 Å². The van der Waals surface area contributed by atoms with E-state index in [2.05, 4.69) is 10.3 Å². The number of amides is 2. The SMILES string of the molecule is CCN(CCNC(=O)c1ccc(Cl)nc1)C(=O)OC(C)(C)C. The number of carbonyl (C=O) groups excluding carboxylic acids is 2. The Kier molecular flexibility index (Phi) is 6.61. The molecule has 22 heavy (non-hydrogen) atoms. The number of hydrogen-bond acceptors (Lipinski definition) is 4. The van der Waals surface area contributed by atoms with Gasteiger partial charge in [-0.2, -0.15) is 0 Å². The summed E-state index contributed by atoms with van der Waals surface area (Å²) in [7, 11) is 0. The maximum absolute atomic E-state index is 11.9. The molecular formula is C15H22ClN3O3. The zero-order chi connectivity index (χ0) is 16.8. The first-order chi connectivity index (χ1) is 10.2. The molecule has 0 atom stereocenters. The van der Waals surface area contributed by atoms with Gasteiger partial charge in [0, 0.05) is 25.8 Å². The minimum atomic E-state index is -0.539. The standard InChI is InChI=1S/C15H22ClN3O3/c1-5-19(14(21)22-15(2,3)4)9-8-17-13(20)11-6-7-12(16)18-10-11/h6-7,10H,5,8-9H2,1-4H3,(H,17,20). The number of hydrogen-bond donors (Lipinski definition) is 1. The summed E-state index contributed by atoms with van der Waals surface area (Å²) in [5.74, 6) is -0.260. The average Bonchev–Trinajstić information content (AvgIpc) is 2.42. The van der Waals surface area contributed by atoms with E-state index in [9.17, 15) is 9.59 Å². The Bertz CT molecular complexity index is 512. The van der Waals surface area contributed by atoms with Gasteiger partial charge in [-0.3, -0.25) is 4.79 Å². The monoisotopic (exact) mass is 327 g/mol. The molecule has 0 saturated carbocycles. The molecule has 0 aliphatic rings. The van der Waals surface area contributed by atoms with E-state index in [1.807, 2.05) is 27.7 Å². The number of likely N-dealkylation sites (N-methyl/N-ethyl adjacent to an activating group) is 1. The van der Waals surface area contributed by atoms with Gasteiger partial charge in [0.05, 0.1) is 5.56 Å². The lowest BCUT2D eigenvalue weighted by atomic mass is 10.2. The quantitative estimate of drug-likeness (QED) is 0.844. The molecule has 1 N–H and O–H groups in total. The van der Waals surface area contributed by atoms with Crippen LogP contribution in [-0.2, 0) is 4.74 Å². The number of aromatic nitrogens is 1. The highest BCUT2D eigenvalue weighted by molar-refractivity contribution is 6.29. The predicted octanol–water partition coefficient (Wildman–Crippen LogP) is 2.72. The molecule has 0 aliphatic heterocycles. The molecule has 0 aromatic carbocycles. The van der Waals surface area contributed by atoms with Crippen molar-refractivity contribution >= 4 is 23.6 Å². The fraction of sp³-hybridized carbons (Fsp3) is 0.533. The summed E-state index contributed by atoms with van der Waals surface area (Å²) in [5, 5.41) is 3.06. The molecule has 2 amide bonds. The first kappa shape index (κ1) is 18.2. The lowest BCUT2D eigenvalue weighted by Crippen LogP contribution is -2.41. The Labute approximate surface area is 135 Å². The van der Waals surface area contributed by atoms with Crippen molar-refractivity contribution in [3.8, 4) is 0 Å². The lowest BCUT2D eigenvalue weighted by Gasteiger charge is -2.26. The maximum Gasteiger partial charge on any atom is 0.410 e. The van der Waals surface area contributed by atoms with Gasteiger partial charge in [-0.1, -0.05) is 11.6 Å². The molecule has 1 heterocycles. The highest BCUT2D eigenvalue weighted by Crippen LogP contribution is 2.09. The van der Waals surface area contributed by atoms with Crippen molar-refractivity contribution < 1.29 is 14.3 Å². The normalized spacial score (nSPS) is 11.0. The number of carbonyl (C=O) groups is 2. The van der Waals surface area contributed by atoms with E-state index < -0.39 is 11.7 Å². The van der Waals surface area contributed by atoms with E-state index in [-0.39, 0.29) is 5.91 Å². The van der Waals surface area contributed by atoms with Crippen molar-refractivity contribution in [3.63, 3.8) is 0 Å². The van der Waals surface area contributed by atoms with Crippen molar-refractivity contribution in [1.82, 2.24) is 15.2 Å². The predicted molar refractivity (Wildman–Crippen MR) is 85.1 cm³/mol. The van der Waals surface area contributed by atoms with E-state index >= 15 is 0 Å². The summed E-state index contributed by atoms with van der Waals surface area (Å²) >= 11 is 5.67. The fourth-order valence-corrected chi connectivity index (χ4v) is 1.73. The molecule has 0 saturated heterocycles. The van der Waals surface area contributed by atoms with Gasteiger partial charge in [0.1, 0.15) is 10.8 Å². The molecule has 1 aromatic rings. The number of nitrogens with zero attached hydrogens (tertiary/aromatic N) is 2. The lowest BCUT2D eigenvalue weighted by molar-refractivity contribution is 0.0261. The molecule has 0 spiro atoms. The molecule has 1 aromatic heterocycles. The number of ether oxygens (including phenoxy) is 1. The van der Waals surface area contributed by atoms with Crippen molar-refractivity contribution in [3.05, 3.63) is 29.0 Å². The second kappa shape index (κ2) is 7.98. The third-order valence-electron chi connectivity index (χ3n) is 2.69. The van der Waals surface area contributed by atoms with Gasteiger partial charge < -0.3 is 15.0 Å². The van der Waals surface area contributed by atoms with Crippen LogP contribution in [0, 0.1) is 0 Å². The number of nitrogens with one attached hydrogen (secondary N) is 1. The minimum absolute atomic E-state index is 0.260. The van der Waals surface area contributed by atoms with Gasteiger partial charge >= 0.3 is 6.09 Å². The van der Waals surface area contributed by atoms with Gasteiger partial charge in [0.25, 0.3) is 5.91 Å². The first-order valence-corrected chi connectivity index (χ1v) is 7.48. The Hall–Kier alpha value is -1.82. The summed E-state index contributed by atoms with van der Waals surface area (Å²) in [6.45, 7) is 8.50. The number of pyridine rings is 1. The molecule has 0 fully saturated rings. The van der Waals surface area contributed by atoms with E-state index in [1.54, 1.807) is 12.1 Å². The fourth-order valence-electron chi connectivity index (χ4n) is 1.62. The van der Waals surface area contributed by atoms with Gasteiger partial charge in [0.15, 0.2) is 0 Å². The van der Waals surface area contributed by atoms with E-state index in [1.165, 1.54) is 11.1 Å². The highest BCUT2D eigenvalue weighted by Gasteiger charge is 2.20. The molecule has 0 bridgehead atoms. The molecule has 122 valence electrons. The van der Waals surface area contributed by atoms with Crippen LogP contribution in [0.15, 0.2) is 18.3 Å². The van der Waals surface area contributed by atoms with Gasteiger partial charge in [-0.05, 0) is 39.8 Å². The summed E-state index contributed by atoms with van der Waals surface area (Å²) < 4.78 is 5.30. The van der Waals surface area contributed by atoms with Crippen LogP contribution >= 0.6 is 11.6 Å². The third kappa shape index (κ3) is 6.30. The minimum Gasteiger partial charge on any atom is -0.444 e. The Morgan fingerprint density at radius 3 is 2.55 bits per heavy atom. The highest BCUT2D eigenvalue weighted by atomic mass is 35.5. The van der Waals surface area contributed by atoms with Crippen molar-refractivity contribution in [1.29, 1.82) is 0 Å². The van der Waals surface area contributed by atoms with Crippen LogP contribution in [-0.4, -0.2) is 47.1 Å². The Morgan fingerprint density at radius 1 is 1.36 bits per heavy atom. The van der Waals surface area contributed by atoms with Crippen molar-refractivity contribution in [2.45, 2.75) is 33.3 Å². The number of rotatable bonds is 5. The largest absolute Gasteiger partial charge is 0.444 e. The van der Waals surface area contributed by atoms with Crippen LogP contribution < -0.4 is 5.32 Å². The van der Waals surface area contributed by atoms with E-state index in [0.29, 0.717) is 30.4 Å². The summed E-state index contributed by atoms with van der Waals surface area (Å²) in [6.07, 6.45) is 1.01. The van der Waals surface area contributed by atoms with Gasteiger partial charge in [-0.25, -0.2) is 9.78 Å². The molecular weight excluding hydrogens is 306 g/mol. The topological polar surface area (TPSA) is 71.5 Å². The molecule has 7 heteroatoms. The zero-order valence-electron chi connectivity index (χ0n) is 13.4. The molecule has 6 nitrogen and oxygen atoms in total. The van der Waals surface area contributed by atoms with Crippen molar-refractivity contribution in [2.75, 3.05) is 19.6 Å². The summed E-state index contributed by atoms with van der Waals surface area (Å²) in [5.41, 5.74) is -0.118. The third-order valence-corrected chi connectivity index (χ3v) is 2.91. The Balaban J connectivity index is 2.45. The van der Waals surface area contributed by atoms with Crippen LogP contribution in [0.2, 0.25) is 5.15 Å². The smallest absolute Gasteiger partial charge is 0.410 e. The van der Waals surface area contributed by atoms with Crippen LogP contribution in [0.1, 0.15) is 38.1 Å².